The quantitative estimate of drug-likeness (QED) is 0.373. The first-order chi connectivity index (χ1) is 16.3. The number of hydrogen-bond donors (Lipinski definition) is 1. The largest absolute Gasteiger partial charge is 0.490 e. The highest BCUT2D eigenvalue weighted by Crippen LogP contribution is 2.60. The van der Waals surface area contributed by atoms with Gasteiger partial charge in [0, 0.05) is 0 Å². The number of carbonyl (C=O) groups excluding carboxylic acids is 2. The molecule has 5 fully saturated rings. The fourth-order valence-corrected chi connectivity index (χ4v) is 8.00. The van der Waals surface area contributed by atoms with E-state index in [-0.39, 0.29) is 17.2 Å². The maximum atomic E-state index is 13.4. The van der Waals surface area contributed by atoms with Crippen molar-refractivity contribution in [3.63, 3.8) is 0 Å². The first-order valence-corrected chi connectivity index (χ1v) is 13.6. The third kappa shape index (κ3) is 4.33. The summed E-state index contributed by atoms with van der Waals surface area (Å²) in [6, 6.07) is 3.52. The highest BCUT2D eigenvalue weighted by Gasteiger charge is 2.55. The van der Waals surface area contributed by atoms with E-state index < -0.39 is 0 Å². The molecule has 4 bridgehead atoms. The molecule has 9 heteroatoms. The number of amides is 2. The van der Waals surface area contributed by atoms with Crippen LogP contribution < -0.4 is 14.9 Å². The molecule has 1 heterocycles. The Balaban J connectivity index is 1.34. The van der Waals surface area contributed by atoms with E-state index in [0.29, 0.717) is 62.3 Å². The molecule has 4 saturated carbocycles. The Hall–Kier alpha value is -1.77. The number of hydrogen-bond acceptors (Lipinski definition) is 6. The predicted molar refractivity (Wildman–Crippen MR) is 138 cm³/mol. The second-order valence-corrected chi connectivity index (χ2v) is 11.9. The van der Waals surface area contributed by atoms with Crippen molar-refractivity contribution >= 4 is 57.8 Å². The topological polar surface area (TPSA) is 67.9 Å². The second-order valence-electron chi connectivity index (χ2n) is 9.85. The van der Waals surface area contributed by atoms with Gasteiger partial charge in [0.2, 0.25) is 5.91 Å². The van der Waals surface area contributed by atoms with Crippen LogP contribution in [0.15, 0.2) is 17.0 Å². The first-order valence-electron chi connectivity index (χ1n) is 12.0. The van der Waals surface area contributed by atoms with E-state index in [1.54, 1.807) is 18.2 Å². The van der Waals surface area contributed by atoms with Crippen molar-refractivity contribution in [2.45, 2.75) is 52.4 Å². The SMILES string of the molecule is CCOc1cc(/C=C2/SC(=S)N(NC(=O)C34CC5CC(CC(C5)C3)C4)C2=O)cc(Cl)c1OCC. The molecule has 1 saturated heterocycles. The summed E-state index contributed by atoms with van der Waals surface area (Å²) >= 11 is 13.1. The number of ether oxygens (including phenoxy) is 2. The lowest BCUT2D eigenvalue weighted by Gasteiger charge is -2.55. The lowest BCUT2D eigenvalue weighted by molar-refractivity contribution is -0.152. The van der Waals surface area contributed by atoms with Crippen LogP contribution in [0.3, 0.4) is 0 Å². The average Bonchev–Trinajstić information content (AvgIpc) is 3.02. The van der Waals surface area contributed by atoms with Crippen LogP contribution in [0.2, 0.25) is 5.02 Å². The number of hydrazine groups is 1. The van der Waals surface area contributed by atoms with E-state index >= 15 is 0 Å². The highest BCUT2D eigenvalue weighted by molar-refractivity contribution is 8.26. The summed E-state index contributed by atoms with van der Waals surface area (Å²) in [5.74, 6) is 2.57. The van der Waals surface area contributed by atoms with Crippen LogP contribution in [0.5, 0.6) is 11.5 Å². The molecular formula is C25H29ClN2O4S2. The molecule has 1 N–H and O–H groups in total. The van der Waals surface area contributed by atoms with Crippen LogP contribution in [-0.4, -0.2) is 34.4 Å². The number of halogens is 1. The van der Waals surface area contributed by atoms with E-state index in [1.807, 2.05) is 13.8 Å². The van der Waals surface area contributed by atoms with Gasteiger partial charge in [-0.3, -0.25) is 15.0 Å². The van der Waals surface area contributed by atoms with Gasteiger partial charge in [0.15, 0.2) is 15.8 Å². The van der Waals surface area contributed by atoms with E-state index in [4.69, 9.17) is 33.3 Å². The summed E-state index contributed by atoms with van der Waals surface area (Å²) < 4.78 is 11.6. The maximum absolute atomic E-state index is 13.4. The highest BCUT2D eigenvalue weighted by atomic mass is 35.5. The van der Waals surface area contributed by atoms with Gasteiger partial charge < -0.3 is 9.47 Å². The number of nitrogens with one attached hydrogen (secondary N) is 1. The van der Waals surface area contributed by atoms with Crippen molar-refractivity contribution in [3.8, 4) is 11.5 Å². The summed E-state index contributed by atoms with van der Waals surface area (Å²) in [7, 11) is 0. The van der Waals surface area contributed by atoms with Gasteiger partial charge in [0.05, 0.1) is 28.6 Å². The minimum atomic E-state index is -0.350. The van der Waals surface area contributed by atoms with Crippen LogP contribution in [0.1, 0.15) is 57.9 Å². The first kappa shape index (κ1) is 23.9. The van der Waals surface area contributed by atoms with Crippen molar-refractivity contribution in [2.24, 2.45) is 23.2 Å². The summed E-state index contributed by atoms with van der Waals surface area (Å²) in [5.41, 5.74) is 3.24. The molecule has 0 atom stereocenters. The van der Waals surface area contributed by atoms with E-state index in [0.717, 1.165) is 19.3 Å². The second kappa shape index (κ2) is 9.36. The number of thioether (sulfide) groups is 1. The minimum absolute atomic E-state index is 0.0492. The zero-order valence-corrected chi connectivity index (χ0v) is 21.8. The van der Waals surface area contributed by atoms with Crippen molar-refractivity contribution < 1.29 is 19.1 Å². The third-order valence-electron chi connectivity index (χ3n) is 7.45. The van der Waals surface area contributed by atoms with Crippen LogP contribution in [0, 0.1) is 23.2 Å². The van der Waals surface area contributed by atoms with Gasteiger partial charge in [-0.15, -0.1) is 0 Å². The Morgan fingerprint density at radius 3 is 2.38 bits per heavy atom. The monoisotopic (exact) mass is 520 g/mol. The molecule has 5 aliphatic rings. The fourth-order valence-electron chi connectivity index (χ4n) is 6.54. The molecule has 0 unspecified atom stereocenters. The number of nitrogens with zero attached hydrogens (tertiary/aromatic N) is 1. The predicted octanol–water partition coefficient (Wildman–Crippen LogP) is 5.59. The Bertz CT molecular complexity index is 1040. The van der Waals surface area contributed by atoms with Crippen LogP contribution in [0.25, 0.3) is 6.08 Å². The van der Waals surface area contributed by atoms with Crippen LogP contribution in [0.4, 0.5) is 0 Å². The summed E-state index contributed by atoms with van der Waals surface area (Å²) in [6.07, 6.45) is 8.28. The Kier molecular flexibility index (Phi) is 6.59. The molecular weight excluding hydrogens is 492 g/mol. The third-order valence-corrected chi connectivity index (χ3v) is 9.03. The molecule has 1 aromatic carbocycles. The molecule has 6 rings (SSSR count). The van der Waals surface area contributed by atoms with Crippen molar-refractivity contribution in [2.75, 3.05) is 13.2 Å². The molecule has 0 spiro atoms. The molecule has 6 nitrogen and oxygen atoms in total. The summed E-state index contributed by atoms with van der Waals surface area (Å²) in [5, 5.41) is 1.65. The molecule has 0 aromatic heterocycles. The Morgan fingerprint density at radius 2 is 1.79 bits per heavy atom. The summed E-state index contributed by atoms with van der Waals surface area (Å²) in [4.78, 5) is 27.1. The molecule has 0 radical (unpaired) electrons. The molecule has 1 aliphatic heterocycles. The molecule has 182 valence electrons. The number of benzene rings is 1. The Morgan fingerprint density at radius 1 is 1.18 bits per heavy atom. The maximum Gasteiger partial charge on any atom is 0.285 e. The molecule has 2 amide bonds. The lowest BCUT2D eigenvalue weighted by Crippen LogP contribution is -2.57. The van der Waals surface area contributed by atoms with E-state index in [9.17, 15) is 9.59 Å². The van der Waals surface area contributed by atoms with Gasteiger partial charge in [0.25, 0.3) is 5.91 Å². The molecule has 34 heavy (non-hydrogen) atoms. The summed E-state index contributed by atoms with van der Waals surface area (Å²) in [6.45, 7) is 4.68. The number of thiocarbonyl (C=S) groups is 1. The molecule has 4 aliphatic carbocycles. The molecule has 1 aromatic rings. The zero-order chi connectivity index (χ0) is 24.0. The van der Waals surface area contributed by atoms with Gasteiger partial charge in [-0.2, -0.15) is 5.01 Å². The normalized spacial score (nSPS) is 30.9. The van der Waals surface area contributed by atoms with Gasteiger partial charge in [-0.25, -0.2) is 0 Å². The number of rotatable bonds is 7. The smallest absolute Gasteiger partial charge is 0.285 e. The number of carbonyl (C=O) groups is 2. The van der Waals surface area contributed by atoms with Crippen LogP contribution >= 0.6 is 35.6 Å². The van der Waals surface area contributed by atoms with Crippen molar-refractivity contribution in [1.29, 1.82) is 0 Å². The zero-order valence-electron chi connectivity index (χ0n) is 19.4. The van der Waals surface area contributed by atoms with Gasteiger partial charge in [-0.1, -0.05) is 23.4 Å². The van der Waals surface area contributed by atoms with Crippen LogP contribution in [-0.2, 0) is 9.59 Å². The Labute approximate surface area is 214 Å². The fraction of sp³-hybridized carbons (Fsp3) is 0.560. The van der Waals surface area contributed by atoms with Crippen molar-refractivity contribution in [3.05, 3.63) is 27.6 Å². The van der Waals surface area contributed by atoms with E-state index in [2.05, 4.69) is 5.43 Å². The lowest BCUT2D eigenvalue weighted by atomic mass is 9.49. The average molecular weight is 521 g/mol. The van der Waals surface area contributed by atoms with Gasteiger partial charge in [0.1, 0.15) is 0 Å². The standard InChI is InChI=1S/C25H29ClN2O4S2/c1-3-31-19-9-14(8-18(26)21(19)32-4-2)10-20-22(29)28(24(33)34-20)27-23(30)25-11-15-5-16(12-25)7-17(6-15)13-25/h8-10,15-17H,3-7,11-13H2,1-2H3,(H,27,30)/b20-10+. The van der Waals surface area contributed by atoms with E-state index in [1.165, 1.54) is 36.0 Å². The minimum Gasteiger partial charge on any atom is -0.490 e. The van der Waals surface area contributed by atoms with Gasteiger partial charge >= 0.3 is 0 Å². The van der Waals surface area contributed by atoms with Gasteiger partial charge in [-0.05, 0) is 106 Å². The van der Waals surface area contributed by atoms with Crippen molar-refractivity contribution in [1.82, 2.24) is 10.4 Å².